The first-order valence-corrected chi connectivity index (χ1v) is 7.28. The highest BCUT2D eigenvalue weighted by atomic mass is 19.1. The molecule has 108 valence electrons. The van der Waals surface area contributed by atoms with Crippen LogP contribution in [-0.4, -0.2) is 13.1 Å². The number of halogens is 2. The molecule has 1 aromatic rings. The van der Waals surface area contributed by atoms with Gasteiger partial charge in [-0.25, -0.2) is 8.78 Å². The first-order valence-electron chi connectivity index (χ1n) is 7.28. The van der Waals surface area contributed by atoms with Crippen LogP contribution in [0.2, 0.25) is 0 Å². The zero-order chi connectivity index (χ0) is 14.3. The van der Waals surface area contributed by atoms with Gasteiger partial charge in [0, 0.05) is 19.2 Å². The summed E-state index contributed by atoms with van der Waals surface area (Å²) in [5, 5.41) is 0. The Hall–Kier alpha value is -1.12. The summed E-state index contributed by atoms with van der Waals surface area (Å²) in [7, 11) is 0. The van der Waals surface area contributed by atoms with Gasteiger partial charge in [0.05, 0.1) is 5.69 Å². The molecule has 1 unspecified atom stereocenters. The van der Waals surface area contributed by atoms with Crippen LogP contribution in [-0.2, 0) is 0 Å². The third-order valence-electron chi connectivity index (χ3n) is 3.35. The fourth-order valence-corrected chi connectivity index (χ4v) is 2.36. The third kappa shape index (κ3) is 5.17. The van der Waals surface area contributed by atoms with E-state index in [0.717, 1.165) is 44.8 Å². The van der Waals surface area contributed by atoms with Crippen LogP contribution in [0, 0.1) is 17.6 Å². The number of rotatable bonds is 8. The van der Waals surface area contributed by atoms with Gasteiger partial charge in [0.15, 0.2) is 0 Å². The summed E-state index contributed by atoms with van der Waals surface area (Å²) in [5.74, 6) is -0.454. The molecule has 0 spiro atoms. The standard InChI is InChI=1S/C16H25F2N/c1-4-6-10-19(12-13(3)7-5-2)16-9-8-14(17)11-15(16)18/h8-9,11,13H,4-7,10,12H2,1-3H3. The molecule has 1 nitrogen and oxygen atoms in total. The van der Waals surface area contributed by atoms with Crippen LogP contribution >= 0.6 is 0 Å². The normalized spacial score (nSPS) is 12.5. The summed E-state index contributed by atoms with van der Waals surface area (Å²) in [6.45, 7) is 8.12. The van der Waals surface area contributed by atoms with E-state index in [2.05, 4.69) is 25.7 Å². The Morgan fingerprint density at radius 1 is 1.16 bits per heavy atom. The van der Waals surface area contributed by atoms with Gasteiger partial charge >= 0.3 is 0 Å². The van der Waals surface area contributed by atoms with Crippen molar-refractivity contribution in [2.75, 3.05) is 18.0 Å². The van der Waals surface area contributed by atoms with Crippen molar-refractivity contribution < 1.29 is 8.78 Å². The van der Waals surface area contributed by atoms with Crippen LogP contribution in [0.5, 0.6) is 0 Å². The van der Waals surface area contributed by atoms with E-state index in [1.807, 2.05) is 0 Å². The Morgan fingerprint density at radius 2 is 1.89 bits per heavy atom. The number of anilines is 1. The van der Waals surface area contributed by atoms with Gasteiger partial charge in [0.25, 0.3) is 0 Å². The summed E-state index contributed by atoms with van der Waals surface area (Å²) >= 11 is 0. The fraction of sp³-hybridized carbons (Fsp3) is 0.625. The number of benzene rings is 1. The molecule has 1 atom stereocenters. The fourth-order valence-electron chi connectivity index (χ4n) is 2.36. The van der Waals surface area contributed by atoms with Crippen LogP contribution in [0.4, 0.5) is 14.5 Å². The van der Waals surface area contributed by atoms with Gasteiger partial charge in [-0.3, -0.25) is 0 Å². The zero-order valence-electron chi connectivity index (χ0n) is 12.3. The average molecular weight is 269 g/mol. The number of nitrogens with zero attached hydrogens (tertiary/aromatic N) is 1. The molecule has 0 saturated heterocycles. The van der Waals surface area contributed by atoms with E-state index < -0.39 is 11.6 Å². The van der Waals surface area contributed by atoms with E-state index in [4.69, 9.17) is 0 Å². The maximum atomic E-state index is 13.9. The number of hydrogen-bond donors (Lipinski definition) is 0. The molecule has 0 aliphatic rings. The molecule has 0 aliphatic carbocycles. The largest absolute Gasteiger partial charge is 0.369 e. The van der Waals surface area contributed by atoms with Gasteiger partial charge in [-0.15, -0.1) is 0 Å². The lowest BCUT2D eigenvalue weighted by molar-refractivity contribution is 0.500. The molecule has 0 amide bonds. The molecule has 1 aromatic carbocycles. The molecule has 0 bridgehead atoms. The molecule has 0 N–H and O–H groups in total. The van der Waals surface area contributed by atoms with Crippen molar-refractivity contribution in [3.05, 3.63) is 29.8 Å². The lowest BCUT2D eigenvalue weighted by atomic mass is 10.0. The van der Waals surface area contributed by atoms with E-state index in [1.54, 1.807) is 6.07 Å². The zero-order valence-corrected chi connectivity index (χ0v) is 12.3. The molecular formula is C16H25F2N. The minimum absolute atomic E-state index is 0.459. The van der Waals surface area contributed by atoms with Crippen molar-refractivity contribution in [1.82, 2.24) is 0 Å². The van der Waals surface area contributed by atoms with E-state index in [0.29, 0.717) is 11.6 Å². The van der Waals surface area contributed by atoms with Crippen LogP contribution in [0.15, 0.2) is 18.2 Å². The Labute approximate surface area is 115 Å². The maximum Gasteiger partial charge on any atom is 0.149 e. The van der Waals surface area contributed by atoms with Gasteiger partial charge in [0.2, 0.25) is 0 Å². The quantitative estimate of drug-likeness (QED) is 0.641. The maximum absolute atomic E-state index is 13.9. The first kappa shape index (κ1) is 15.9. The highest BCUT2D eigenvalue weighted by Gasteiger charge is 2.14. The Balaban J connectivity index is 2.82. The second-order valence-electron chi connectivity index (χ2n) is 5.29. The van der Waals surface area contributed by atoms with Crippen molar-refractivity contribution in [2.24, 2.45) is 5.92 Å². The molecule has 0 radical (unpaired) electrons. The third-order valence-corrected chi connectivity index (χ3v) is 3.35. The van der Waals surface area contributed by atoms with E-state index in [-0.39, 0.29) is 0 Å². The summed E-state index contributed by atoms with van der Waals surface area (Å²) in [5.41, 5.74) is 0.526. The van der Waals surface area contributed by atoms with Crippen molar-refractivity contribution in [3.8, 4) is 0 Å². The van der Waals surface area contributed by atoms with Gasteiger partial charge < -0.3 is 4.90 Å². The Morgan fingerprint density at radius 3 is 2.47 bits per heavy atom. The van der Waals surface area contributed by atoms with Crippen LogP contribution in [0.3, 0.4) is 0 Å². The summed E-state index contributed by atoms with van der Waals surface area (Å²) < 4.78 is 26.9. The van der Waals surface area contributed by atoms with Crippen molar-refractivity contribution in [2.45, 2.75) is 46.5 Å². The predicted octanol–water partition coefficient (Wildman–Crippen LogP) is 5.01. The molecule has 19 heavy (non-hydrogen) atoms. The SMILES string of the molecule is CCCCN(CC(C)CCC)c1ccc(F)cc1F. The average Bonchev–Trinajstić information content (AvgIpc) is 2.35. The van der Waals surface area contributed by atoms with E-state index in [1.165, 1.54) is 6.07 Å². The lowest BCUT2D eigenvalue weighted by Gasteiger charge is -2.28. The van der Waals surface area contributed by atoms with Crippen molar-refractivity contribution in [1.29, 1.82) is 0 Å². The van der Waals surface area contributed by atoms with Gasteiger partial charge in [0.1, 0.15) is 11.6 Å². The Bertz CT molecular complexity index is 379. The van der Waals surface area contributed by atoms with Crippen LogP contribution in [0.1, 0.15) is 46.5 Å². The smallest absolute Gasteiger partial charge is 0.149 e. The van der Waals surface area contributed by atoms with Gasteiger partial charge in [-0.1, -0.05) is 33.6 Å². The van der Waals surface area contributed by atoms with Crippen LogP contribution < -0.4 is 4.90 Å². The monoisotopic (exact) mass is 269 g/mol. The van der Waals surface area contributed by atoms with Gasteiger partial charge in [-0.05, 0) is 30.9 Å². The predicted molar refractivity (Wildman–Crippen MR) is 77.6 cm³/mol. The lowest BCUT2D eigenvalue weighted by Crippen LogP contribution is -2.30. The molecule has 0 fully saturated rings. The van der Waals surface area contributed by atoms with Crippen molar-refractivity contribution >= 4 is 5.69 Å². The Kier molecular flexibility index (Phi) is 6.82. The summed E-state index contributed by atoms with van der Waals surface area (Å²) in [6.07, 6.45) is 4.36. The topological polar surface area (TPSA) is 3.24 Å². The highest BCUT2D eigenvalue weighted by Crippen LogP contribution is 2.22. The van der Waals surface area contributed by atoms with Crippen LogP contribution in [0.25, 0.3) is 0 Å². The molecule has 3 heteroatoms. The number of unbranched alkanes of at least 4 members (excludes halogenated alkanes) is 1. The summed E-state index contributed by atoms with van der Waals surface area (Å²) in [4.78, 5) is 2.05. The van der Waals surface area contributed by atoms with E-state index in [9.17, 15) is 8.78 Å². The molecule has 0 heterocycles. The first-order chi connectivity index (χ1) is 9.08. The molecule has 1 rings (SSSR count). The molecular weight excluding hydrogens is 244 g/mol. The second kappa shape index (κ2) is 8.13. The molecule has 0 aromatic heterocycles. The minimum atomic E-state index is -0.515. The second-order valence-corrected chi connectivity index (χ2v) is 5.29. The summed E-state index contributed by atoms with van der Waals surface area (Å²) in [6, 6.07) is 3.86. The molecule has 0 aliphatic heterocycles. The van der Waals surface area contributed by atoms with E-state index >= 15 is 0 Å². The van der Waals surface area contributed by atoms with Crippen molar-refractivity contribution in [3.63, 3.8) is 0 Å². The highest BCUT2D eigenvalue weighted by molar-refractivity contribution is 5.47. The minimum Gasteiger partial charge on any atom is -0.369 e. The van der Waals surface area contributed by atoms with Gasteiger partial charge in [-0.2, -0.15) is 0 Å². The molecule has 0 saturated carbocycles. The number of hydrogen-bond acceptors (Lipinski definition) is 1.